The van der Waals surface area contributed by atoms with Crippen molar-refractivity contribution in [1.82, 2.24) is 0 Å². The van der Waals surface area contributed by atoms with E-state index < -0.39 is 21.7 Å². The Morgan fingerprint density at radius 2 is 1.73 bits per heavy atom. The normalized spacial score (nSPS) is 11.1. The Kier molecular flexibility index (Phi) is 6.07. The van der Waals surface area contributed by atoms with E-state index in [1.54, 1.807) is 12.1 Å². The Morgan fingerprint density at radius 1 is 1.03 bits per heavy atom. The van der Waals surface area contributed by atoms with Gasteiger partial charge in [0.2, 0.25) is 0 Å². The van der Waals surface area contributed by atoms with E-state index in [1.165, 1.54) is 62.7 Å². The zero-order chi connectivity index (χ0) is 21.9. The topological polar surface area (TPSA) is 75.7 Å². The van der Waals surface area contributed by atoms with Crippen LogP contribution in [0.2, 0.25) is 0 Å². The van der Waals surface area contributed by atoms with E-state index in [1.807, 2.05) is 13.0 Å². The maximum Gasteiger partial charge on any atom is 0.264 e. The second-order valence-electron chi connectivity index (χ2n) is 6.63. The zero-order valence-corrected chi connectivity index (χ0v) is 17.5. The molecular formula is C22H21FN2O4S. The van der Waals surface area contributed by atoms with Crippen molar-refractivity contribution in [3.63, 3.8) is 0 Å². The fourth-order valence-corrected chi connectivity index (χ4v) is 4.10. The summed E-state index contributed by atoms with van der Waals surface area (Å²) in [6.07, 6.45) is 0. The number of carbonyl (C=O) groups excluding carboxylic acids is 1. The van der Waals surface area contributed by atoms with Gasteiger partial charge in [-0.2, -0.15) is 0 Å². The molecule has 3 aromatic carbocycles. The predicted molar refractivity (Wildman–Crippen MR) is 114 cm³/mol. The van der Waals surface area contributed by atoms with Crippen LogP contribution in [0.4, 0.5) is 15.8 Å². The van der Waals surface area contributed by atoms with E-state index in [2.05, 4.69) is 5.32 Å². The molecule has 0 bridgehead atoms. The lowest BCUT2D eigenvalue weighted by Crippen LogP contribution is -2.27. The first-order valence-corrected chi connectivity index (χ1v) is 10.5. The summed E-state index contributed by atoms with van der Waals surface area (Å²) in [5, 5.41) is 2.75. The number of benzene rings is 3. The van der Waals surface area contributed by atoms with Gasteiger partial charge in [0.05, 0.1) is 23.4 Å². The van der Waals surface area contributed by atoms with Crippen molar-refractivity contribution in [3.05, 3.63) is 83.7 Å². The number of halogens is 1. The number of methoxy groups -OCH3 is 1. The van der Waals surface area contributed by atoms with Crippen molar-refractivity contribution in [2.75, 3.05) is 23.8 Å². The van der Waals surface area contributed by atoms with Gasteiger partial charge in [0.1, 0.15) is 11.6 Å². The molecule has 3 rings (SSSR count). The van der Waals surface area contributed by atoms with Crippen LogP contribution in [0.1, 0.15) is 15.9 Å². The number of hydrogen-bond donors (Lipinski definition) is 1. The number of hydrogen-bond acceptors (Lipinski definition) is 4. The van der Waals surface area contributed by atoms with Gasteiger partial charge in [-0.15, -0.1) is 0 Å². The molecule has 0 saturated heterocycles. The largest absolute Gasteiger partial charge is 0.495 e. The van der Waals surface area contributed by atoms with Gasteiger partial charge >= 0.3 is 0 Å². The maximum absolute atomic E-state index is 13.1. The Morgan fingerprint density at radius 3 is 2.40 bits per heavy atom. The average Bonchev–Trinajstić information content (AvgIpc) is 2.74. The number of nitrogens with one attached hydrogen (secondary N) is 1. The second kappa shape index (κ2) is 8.54. The maximum atomic E-state index is 13.1. The Bertz CT molecular complexity index is 1180. The third-order valence-corrected chi connectivity index (χ3v) is 6.33. The summed E-state index contributed by atoms with van der Waals surface area (Å²) < 4.78 is 45.4. The van der Waals surface area contributed by atoms with Gasteiger partial charge in [-0.1, -0.05) is 12.1 Å². The van der Waals surface area contributed by atoms with E-state index in [0.29, 0.717) is 17.1 Å². The molecule has 3 aromatic rings. The molecule has 30 heavy (non-hydrogen) atoms. The molecule has 0 unspecified atom stereocenters. The summed E-state index contributed by atoms with van der Waals surface area (Å²) in [6, 6.07) is 16.2. The minimum Gasteiger partial charge on any atom is -0.495 e. The summed E-state index contributed by atoms with van der Waals surface area (Å²) in [7, 11) is -1.08. The van der Waals surface area contributed by atoms with E-state index in [-0.39, 0.29) is 10.5 Å². The first-order chi connectivity index (χ1) is 14.2. The standard InChI is InChI=1S/C22H21FN2O4S/c1-15-7-12-21(29-3)20(13-15)24-22(26)16-5-4-6-19(14-16)30(27,28)25(2)18-10-8-17(23)9-11-18/h4-14H,1-3H3,(H,24,26). The molecule has 1 N–H and O–H groups in total. The molecule has 1 amide bonds. The molecule has 0 spiro atoms. The lowest BCUT2D eigenvalue weighted by Gasteiger charge is -2.20. The predicted octanol–water partition coefficient (Wildman–Crippen LogP) is 4.22. The number of nitrogens with zero attached hydrogens (tertiary/aromatic N) is 1. The fourth-order valence-electron chi connectivity index (χ4n) is 2.86. The number of ether oxygens (including phenoxy) is 1. The van der Waals surface area contributed by atoms with Crippen LogP contribution in [0.25, 0.3) is 0 Å². The summed E-state index contributed by atoms with van der Waals surface area (Å²) >= 11 is 0. The number of anilines is 2. The summed E-state index contributed by atoms with van der Waals surface area (Å²) in [4.78, 5) is 12.7. The van der Waals surface area contributed by atoms with Gasteiger partial charge in [0.25, 0.3) is 15.9 Å². The molecule has 156 valence electrons. The molecule has 0 radical (unpaired) electrons. The van der Waals surface area contributed by atoms with Gasteiger partial charge in [-0.25, -0.2) is 12.8 Å². The van der Waals surface area contributed by atoms with Crippen molar-refractivity contribution in [3.8, 4) is 5.75 Å². The minimum atomic E-state index is -3.95. The number of amides is 1. The first kappa shape index (κ1) is 21.3. The lowest BCUT2D eigenvalue weighted by atomic mass is 10.1. The summed E-state index contributed by atoms with van der Waals surface area (Å²) in [5.74, 6) is -0.441. The molecule has 0 fully saturated rings. The molecule has 8 heteroatoms. The van der Waals surface area contributed by atoms with Gasteiger partial charge in [-0.3, -0.25) is 9.10 Å². The number of rotatable bonds is 6. The Hall–Kier alpha value is -3.39. The highest BCUT2D eigenvalue weighted by molar-refractivity contribution is 7.92. The highest BCUT2D eigenvalue weighted by Crippen LogP contribution is 2.27. The number of sulfonamides is 1. The van der Waals surface area contributed by atoms with Crippen molar-refractivity contribution < 1.29 is 22.3 Å². The molecule has 0 atom stereocenters. The van der Waals surface area contributed by atoms with Crippen LogP contribution in [-0.2, 0) is 10.0 Å². The summed E-state index contributed by atoms with van der Waals surface area (Å²) in [5.41, 5.74) is 1.89. The molecule has 0 aromatic heterocycles. The zero-order valence-electron chi connectivity index (χ0n) is 16.7. The van der Waals surface area contributed by atoms with Gasteiger partial charge in [-0.05, 0) is 67.1 Å². The third-order valence-electron chi connectivity index (χ3n) is 4.55. The monoisotopic (exact) mass is 428 g/mol. The minimum absolute atomic E-state index is 0.0572. The van der Waals surface area contributed by atoms with Crippen LogP contribution >= 0.6 is 0 Å². The second-order valence-corrected chi connectivity index (χ2v) is 8.60. The number of aryl methyl sites for hydroxylation is 1. The van der Waals surface area contributed by atoms with Crippen LogP contribution in [-0.4, -0.2) is 28.5 Å². The fraction of sp³-hybridized carbons (Fsp3) is 0.136. The van der Waals surface area contributed by atoms with Crippen molar-refractivity contribution >= 4 is 27.3 Å². The molecule has 0 aliphatic carbocycles. The van der Waals surface area contributed by atoms with Crippen molar-refractivity contribution in [2.24, 2.45) is 0 Å². The van der Waals surface area contributed by atoms with E-state index >= 15 is 0 Å². The SMILES string of the molecule is COc1ccc(C)cc1NC(=O)c1cccc(S(=O)(=O)N(C)c2ccc(F)cc2)c1. The van der Waals surface area contributed by atoms with Gasteiger partial charge < -0.3 is 10.1 Å². The molecule has 0 saturated carbocycles. The van der Waals surface area contributed by atoms with Crippen molar-refractivity contribution in [1.29, 1.82) is 0 Å². The average molecular weight is 428 g/mol. The van der Waals surface area contributed by atoms with E-state index in [0.717, 1.165) is 9.87 Å². The van der Waals surface area contributed by atoms with E-state index in [9.17, 15) is 17.6 Å². The molecule has 6 nitrogen and oxygen atoms in total. The van der Waals surface area contributed by atoms with Crippen molar-refractivity contribution in [2.45, 2.75) is 11.8 Å². The number of carbonyl (C=O) groups is 1. The van der Waals surface area contributed by atoms with Crippen LogP contribution < -0.4 is 14.4 Å². The molecule has 0 aliphatic rings. The Balaban J connectivity index is 1.89. The molecule has 0 heterocycles. The third kappa shape index (κ3) is 4.44. The van der Waals surface area contributed by atoms with Gasteiger partial charge in [0.15, 0.2) is 0 Å². The summed E-state index contributed by atoms with van der Waals surface area (Å²) in [6.45, 7) is 1.88. The van der Waals surface area contributed by atoms with E-state index in [4.69, 9.17) is 4.74 Å². The lowest BCUT2D eigenvalue weighted by molar-refractivity contribution is 0.102. The smallest absolute Gasteiger partial charge is 0.264 e. The van der Waals surface area contributed by atoms with Gasteiger partial charge in [0, 0.05) is 12.6 Å². The van der Waals surface area contributed by atoms with Crippen LogP contribution in [0.5, 0.6) is 5.75 Å². The van der Waals surface area contributed by atoms with Crippen LogP contribution in [0.15, 0.2) is 71.6 Å². The first-order valence-electron chi connectivity index (χ1n) is 9.03. The molecule has 0 aliphatic heterocycles. The molecular weight excluding hydrogens is 407 g/mol. The highest BCUT2D eigenvalue weighted by Gasteiger charge is 2.23. The Labute approximate surface area is 175 Å². The van der Waals surface area contributed by atoms with Crippen LogP contribution in [0, 0.1) is 12.7 Å². The highest BCUT2D eigenvalue weighted by atomic mass is 32.2. The quantitative estimate of drug-likeness (QED) is 0.638. The van der Waals surface area contributed by atoms with Crippen LogP contribution in [0.3, 0.4) is 0 Å².